The monoisotopic (exact) mass is 239 g/mol. The van der Waals surface area contributed by atoms with E-state index in [0.717, 1.165) is 18.5 Å². The average Bonchev–Trinajstić information content (AvgIpc) is 2.80. The van der Waals surface area contributed by atoms with Crippen LogP contribution in [-0.2, 0) is 9.47 Å². The third-order valence-electron chi connectivity index (χ3n) is 3.50. The minimum Gasteiger partial charge on any atom is -0.350 e. The number of nitrogens with zero attached hydrogens (tertiary/aromatic N) is 2. The second-order valence-electron chi connectivity index (χ2n) is 4.54. The highest BCUT2D eigenvalue weighted by molar-refractivity contribution is 5.04. The van der Waals surface area contributed by atoms with Crippen LogP contribution >= 0.6 is 0 Å². The molecule has 2 rings (SSSR count). The van der Waals surface area contributed by atoms with Gasteiger partial charge in [-0.05, 0) is 12.8 Å². The SMILES string of the molecule is COC(OC)c1cncn1[C@@H]1CCCC[C@H]1N. The van der Waals surface area contributed by atoms with Crippen molar-refractivity contribution < 1.29 is 9.47 Å². The lowest BCUT2D eigenvalue weighted by Gasteiger charge is -2.31. The Morgan fingerprint density at radius 3 is 2.71 bits per heavy atom. The molecule has 96 valence electrons. The molecule has 0 radical (unpaired) electrons. The molecule has 0 amide bonds. The van der Waals surface area contributed by atoms with Crippen molar-refractivity contribution in [3.8, 4) is 0 Å². The zero-order chi connectivity index (χ0) is 12.3. The molecular weight excluding hydrogens is 218 g/mol. The molecule has 1 aromatic rings. The molecule has 2 N–H and O–H groups in total. The van der Waals surface area contributed by atoms with Crippen LogP contribution in [0.1, 0.15) is 43.7 Å². The van der Waals surface area contributed by atoms with E-state index in [1.807, 2.05) is 6.33 Å². The largest absolute Gasteiger partial charge is 0.350 e. The average molecular weight is 239 g/mol. The van der Waals surface area contributed by atoms with E-state index in [-0.39, 0.29) is 12.3 Å². The molecular formula is C12H21N3O2. The van der Waals surface area contributed by atoms with E-state index in [1.165, 1.54) is 12.8 Å². The third kappa shape index (κ3) is 2.51. The summed E-state index contributed by atoms with van der Waals surface area (Å²) in [5, 5.41) is 0. The predicted octanol–water partition coefficient (Wildman–Crippen LogP) is 1.62. The molecule has 0 saturated heterocycles. The molecule has 1 fully saturated rings. The highest BCUT2D eigenvalue weighted by Crippen LogP contribution is 2.30. The van der Waals surface area contributed by atoms with Crippen LogP contribution in [-0.4, -0.2) is 29.8 Å². The van der Waals surface area contributed by atoms with Gasteiger partial charge in [-0.25, -0.2) is 4.98 Å². The molecule has 0 spiro atoms. The molecule has 1 aliphatic carbocycles. The molecule has 5 nitrogen and oxygen atoms in total. The van der Waals surface area contributed by atoms with E-state index in [1.54, 1.807) is 20.4 Å². The molecule has 1 saturated carbocycles. The van der Waals surface area contributed by atoms with E-state index in [4.69, 9.17) is 15.2 Å². The molecule has 0 bridgehead atoms. The Morgan fingerprint density at radius 1 is 1.35 bits per heavy atom. The summed E-state index contributed by atoms with van der Waals surface area (Å²) in [4.78, 5) is 4.20. The van der Waals surface area contributed by atoms with Gasteiger partial charge in [0.15, 0.2) is 6.29 Å². The summed E-state index contributed by atoms with van der Waals surface area (Å²) in [7, 11) is 3.26. The Kier molecular flexibility index (Phi) is 4.15. The Labute approximate surface area is 102 Å². The number of ether oxygens (including phenoxy) is 2. The molecule has 1 heterocycles. The summed E-state index contributed by atoms with van der Waals surface area (Å²) in [5.74, 6) is 0. The van der Waals surface area contributed by atoms with Gasteiger partial charge in [0, 0.05) is 20.3 Å². The van der Waals surface area contributed by atoms with E-state index in [9.17, 15) is 0 Å². The highest BCUT2D eigenvalue weighted by Gasteiger charge is 2.27. The first-order valence-electron chi connectivity index (χ1n) is 6.10. The topological polar surface area (TPSA) is 62.3 Å². The Balaban J connectivity index is 2.22. The van der Waals surface area contributed by atoms with Crippen LogP contribution < -0.4 is 5.73 Å². The molecule has 1 aliphatic rings. The van der Waals surface area contributed by atoms with Gasteiger partial charge >= 0.3 is 0 Å². The van der Waals surface area contributed by atoms with Crippen LogP contribution in [0, 0.1) is 0 Å². The molecule has 17 heavy (non-hydrogen) atoms. The molecule has 2 atom stereocenters. The fraction of sp³-hybridized carbons (Fsp3) is 0.750. The summed E-state index contributed by atoms with van der Waals surface area (Å²) < 4.78 is 12.7. The third-order valence-corrected chi connectivity index (χ3v) is 3.50. The van der Waals surface area contributed by atoms with Gasteiger partial charge in [-0.1, -0.05) is 12.8 Å². The van der Waals surface area contributed by atoms with Crippen molar-refractivity contribution >= 4 is 0 Å². The number of nitrogens with two attached hydrogens (primary N) is 1. The minimum absolute atomic E-state index is 0.200. The predicted molar refractivity (Wildman–Crippen MR) is 64.5 cm³/mol. The lowest BCUT2D eigenvalue weighted by Crippen LogP contribution is -2.35. The second-order valence-corrected chi connectivity index (χ2v) is 4.54. The fourth-order valence-corrected chi connectivity index (χ4v) is 2.60. The van der Waals surface area contributed by atoms with Crippen LogP contribution in [0.25, 0.3) is 0 Å². The van der Waals surface area contributed by atoms with E-state index >= 15 is 0 Å². The number of aromatic nitrogens is 2. The van der Waals surface area contributed by atoms with Crippen LogP contribution in [0.4, 0.5) is 0 Å². The molecule has 0 aliphatic heterocycles. The molecule has 0 unspecified atom stereocenters. The lowest BCUT2D eigenvalue weighted by molar-refractivity contribution is -0.111. The number of imidazole rings is 1. The molecule has 5 heteroatoms. The number of hydrogen-bond acceptors (Lipinski definition) is 4. The van der Waals surface area contributed by atoms with Crippen molar-refractivity contribution in [2.45, 2.75) is 44.1 Å². The van der Waals surface area contributed by atoms with Crippen LogP contribution in [0.5, 0.6) is 0 Å². The van der Waals surface area contributed by atoms with Gasteiger partial charge in [0.05, 0.1) is 24.3 Å². The summed E-state index contributed by atoms with van der Waals surface area (Å²) in [6, 6.07) is 0.514. The number of hydrogen-bond donors (Lipinski definition) is 1. The van der Waals surface area contributed by atoms with Gasteiger partial charge < -0.3 is 19.8 Å². The zero-order valence-electron chi connectivity index (χ0n) is 10.5. The highest BCUT2D eigenvalue weighted by atomic mass is 16.7. The Hall–Kier alpha value is -0.910. The number of methoxy groups -OCH3 is 2. The molecule has 1 aromatic heterocycles. The lowest BCUT2D eigenvalue weighted by atomic mass is 9.90. The Morgan fingerprint density at radius 2 is 2.06 bits per heavy atom. The van der Waals surface area contributed by atoms with E-state index < -0.39 is 0 Å². The van der Waals surface area contributed by atoms with Crippen molar-refractivity contribution in [1.82, 2.24) is 9.55 Å². The first kappa shape index (κ1) is 12.5. The smallest absolute Gasteiger partial charge is 0.200 e. The van der Waals surface area contributed by atoms with Gasteiger partial charge in [0.25, 0.3) is 0 Å². The first-order valence-corrected chi connectivity index (χ1v) is 6.10. The van der Waals surface area contributed by atoms with E-state index in [0.29, 0.717) is 6.04 Å². The van der Waals surface area contributed by atoms with Crippen LogP contribution in [0.2, 0.25) is 0 Å². The maximum atomic E-state index is 6.19. The summed E-state index contributed by atoms with van der Waals surface area (Å²) in [5.41, 5.74) is 7.13. The van der Waals surface area contributed by atoms with Gasteiger partial charge in [-0.3, -0.25) is 0 Å². The minimum atomic E-state index is -0.369. The van der Waals surface area contributed by atoms with Gasteiger partial charge in [0.1, 0.15) is 0 Å². The van der Waals surface area contributed by atoms with Gasteiger partial charge in [-0.15, -0.1) is 0 Å². The second kappa shape index (κ2) is 5.62. The quantitative estimate of drug-likeness (QED) is 0.811. The molecule has 0 aromatic carbocycles. The Bertz CT molecular complexity index is 349. The fourth-order valence-electron chi connectivity index (χ4n) is 2.60. The normalized spacial score (nSPS) is 25.4. The van der Waals surface area contributed by atoms with Crippen molar-refractivity contribution in [3.63, 3.8) is 0 Å². The van der Waals surface area contributed by atoms with Crippen LogP contribution in [0.3, 0.4) is 0 Å². The summed E-state index contributed by atoms with van der Waals surface area (Å²) >= 11 is 0. The van der Waals surface area contributed by atoms with E-state index in [2.05, 4.69) is 9.55 Å². The van der Waals surface area contributed by atoms with Crippen molar-refractivity contribution in [3.05, 3.63) is 18.2 Å². The standard InChI is InChI=1S/C12H21N3O2/c1-16-12(17-2)11-7-14-8-15(11)10-6-4-3-5-9(10)13/h7-10,12H,3-6,13H2,1-2H3/t9-,10-/m1/s1. The summed E-state index contributed by atoms with van der Waals surface area (Å²) in [6.07, 6.45) is 7.87. The van der Waals surface area contributed by atoms with Crippen molar-refractivity contribution in [2.75, 3.05) is 14.2 Å². The van der Waals surface area contributed by atoms with Gasteiger partial charge in [0.2, 0.25) is 0 Å². The summed E-state index contributed by atoms with van der Waals surface area (Å²) in [6.45, 7) is 0. The first-order chi connectivity index (χ1) is 8.27. The number of rotatable bonds is 4. The van der Waals surface area contributed by atoms with Crippen molar-refractivity contribution in [2.24, 2.45) is 5.73 Å². The zero-order valence-corrected chi connectivity index (χ0v) is 10.5. The maximum Gasteiger partial charge on any atom is 0.200 e. The van der Waals surface area contributed by atoms with Gasteiger partial charge in [-0.2, -0.15) is 0 Å². The van der Waals surface area contributed by atoms with Crippen molar-refractivity contribution in [1.29, 1.82) is 0 Å². The maximum absolute atomic E-state index is 6.19. The van der Waals surface area contributed by atoms with Crippen LogP contribution in [0.15, 0.2) is 12.5 Å².